The van der Waals surface area contributed by atoms with E-state index in [4.69, 9.17) is 14.2 Å². The standard InChI is InChI=1S/C23H18O4/c24-21(15-6-2-1-3-7-15)11-10-16-12-20-22(19-9-5-4-8-18(16)19)25-13-17-14-26-23(20)27-17/h1-12,17,23H,13-14H2/b11-10+. The molecule has 134 valence electrons. The Kier molecular flexibility index (Phi) is 4.00. The second-order valence-corrected chi connectivity index (χ2v) is 6.73. The highest BCUT2D eigenvalue weighted by Crippen LogP contribution is 2.42. The highest BCUT2D eigenvalue weighted by molar-refractivity contribution is 6.08. The van der Waals surface area contributed by atoms with Crippen LogP contribution in [-0.2, 0) is 9.47 Å². The van der Waals surface area contributed by atoms with Gasteiger partial charge in [0.1, 0.15) is 18.5 Å². The van der Waals surface area contributed by atoms with E-state index in [1.807, 2.05) is 66.7 Å². The van der Waals surface area contributed by atoms with Crippen molar-refractivity contribution < 1.29 is 19.0 Å². The Hall–Kier alpha value is -2.95. The van der Waals surface area contributed by atoms with Gasteiger partial charge in [0, 0.05) is 10.9 Å². The first-order valence-electron chi connectivity index (χ1n) is 9.02. The number of ketones is 1. The lowest BCUT2D eigenvalue weighted by molar-refractivity contribution is -0.0579. The summed E-state index contributed by atoms with van der Waals surface area (Å²) in [6.07, 6.45) is 3.00. The molecule has 4 nitrogen and oxygen atoms in total. The summed E-state index contributed by atoms with van der Waals surface area (Å²) >= 11 is 0. The molecule has 0 spiro atoms. The molecule has 5 rings (SSSR count). The van der Waals surface area contributed by atoms with Crippen LogP contribution in [0.25, 0.3) is 16.8 Å². The summed E-state index contributed by atoms with van der Waals surface area (Å²) in [7, 11) is 0. The number of carbonyl (C=O) groups excluding carboxylic acids is 1. The van der Waals surface area contributed by atoms with Gasteiger partial charge in [0.2, 0.25) is 0 Å². The van der Waals surface area contributed by atoms with Gasteiger partial charge in [-0.05, 0) is 23.1 Å². The molecule has 2 heterocycles. The van der Waals surface area contributed by atoms with Crippen molar-refractivity contribution in [1.82, 2.24) is 0 Å². The molecule has 2 unspecified atom stereocenters. The number of allylic oxidation sites excluding steroid dienone is 1. The zero-order chi connectivity index (χ0) is 18.2. The van der Waals surface area contributed by atoms with Crippen LogP contribution in [0.2, 0.25) is 0 Å². The Morgan fingerprint density at radius 1 is 0.963 bits per heavy atom. The van der Waals surface area contributed by atoms with Crippen molar-refractivity contribution >= 4 is 22.6 Å². The van der Waals surface area contributed by atoms with Crippen LogP contribution in [0.1, 0.15) is 27.8 Å². The minimum atomic E-state index is -0.422. The monoisotopic (exact) mass is 358 g/mol. The maximum Gasteiger partial charge on any atom is 0.188 e. The van der Waals surface area contributed by atoms with Gasteiger partial charge in [0.05, 0.1) is 12.2 Å². The molecule has 4 heteroatoms. The van der Waals surface area contributed by atoms with Gasteiger partial charge in [0.15, 0.2) is 12.1 Å². The van der Waals surface area contributed by atoms with E-state index in [9.17, 15) is 4.79 Å². The van der Waals surface area contributed by atoms with E-state index < -0.39 is 6.29 Å². The first-order chi connectivity index (χ1) is 13.3. The third kappa shape index (κ3) is 2.93. The van der Waals surface area contributed by atoms with Gasteiger partial charge in [-0.1, -0.05) is 60.7 Å². The number of ether oxygens (including phenoxy) is 3. The summed E-state index contributed by atoms with van der Waals surface area (Å²) < 4.78 is 17.7. The largest absolute Gasteiger partial charge is 0.490 e. The van der Waals surface area contributed by atoms with Gasteiger partial charge in [-0.15, -0.1) is 0 Å². The van der Waals surface area contributed by atoms with Crippen molar-refractivity contribution in [3.8, 4) is 5.75 Å². The lowest BCUT2D eigenvalue weighted by Crippen LogP contribution is -2.18. The minimum absolute atomic E-state index is 0.0284. The third-order valence-corrected chi connectivity index (χ3v) is 4.95. The highest BCUT2D eigenvalue weighted by atomic mass is 16.7. The van der Waals surface area contributed by atoms with Crippen LogP contribution in [0.5, 0.6) is 5.75 Å². The molecule has 1 fully saturated rings. The van der Waals surface area contributed by atoms with Gasteiger partial charge in [-0.2, -0.15) is 0 Å². The lowest BCUT2D eigenvalue weighted by atomic mass is 9.98. The Labute approximate surface area is 157 Å². The van der Waals surface area contributed by atoms with Gasteiger partial charge >= 0.3 is 0 Å². The zero-order valence-electron chi connectivity index (χ0n) is 14.6. The van der Waals surface area contributed by atoms with Gasteiger partial charge < -0.3 is 14.2 Å². The van der Waals surface area contributed by atoms with Gasteiger partial charge in [0.25, 0.3) is 0 Å². The summed E-state index contributed by atoms with van der Waals surface area (Å²) in [5.74, 6) is 0.781. The molecular weight excluding hydrogens is 340 g/mol. The van der Waals surface area contributed by atoms with E-state index in [-0.39, 0.29) is 11.9 Å². The molecule has 2 atom stereocenters. The first kappa shape index (κ1) is 16.2. The topological polar surface area (TPSA) is 44.8 Å². The SMILES string of the molecule is O=C(/C=C/c1cc2c(c3ccccc13)OCC1COC2O1)c1ccccc1. The second-order valence-electron chi connectivity index (χ2n) is 6.73. The van der Waals surface area contributed by atoms with Crippen LogP contribution in [0.4, 0.5) is 0 Å². The summed E-state index contributed by atoms with van der Waals surface area (Å²) in [6.45, 7) is 1.02. The van der Waals surface area contributed by atoms with E-state index in [0.717, 1.165) is 27.6 Å². The average Bonchev–Trinajstić information content (AvgIpc) is 3.11. The molecule has 0 radical (unpaired) electrons. The van der Waals surface area contributed by atoms with Crippen molar-refractivity contribution in [1.29, 1.82) is 0 Å². The van der Waals surface area contributed by atoms with Crippen molar-refractivity contribution in [3.63, 3.8) is 0 Å². The fraction of sp³-hybridized carbons (Fsp3) is 0.174. The van der Waals surface area contributed by atoms with Crippen molar-refractivity contribution in [2.24, 2.45) is 0 Å². The Balaban J connectivity index is 1.60. The van der Waals surface area contributed by atoms with Crippen LogP contribution in [-0.4, -0.2) is 25.1 Å². The highest BCUT2D eigenvalue weighted by Gasteiger charge is 2.34. The van der Waals surface area contributed by atoms with E-state index in [0.29, 0.717) is 18.8 Å². The Morgan fingerprint density at radius 2 is 1.74 bits per heavy atom. The summed E-state index contributed by atoms with van der Waals surface area (Å²) in [6, 6.07) is 19.3. The van der Waals surface area contributed by atoms with Crippen LogP contribution < -0.4 is 4.74 Å². The van der Waals surface area contributed by atoms with E-state index in [1.165, 1.54) is 0 Å². The van der Waals surface area contributed by atoms with Crippen LogP contribution >= 0.6 is 0 Å². The smallest absolute Gasteiger partial charge is 0.188 e. The zero-order valence-corrected chi connectivity index (χ0v) is 14.6. The second kappa shape index (κ2) is 6.65. The summed E-state index contributed by atoms with van der Waals surface area (Å²) in [5.41, 5.74) is 2.48. The number of carbonyl (C=O) groups is 1. The molecule has 1 saturated heterocycles. The molecule has 2 aliphatic rings. The molecule has 2 bridgehead atoms. The maximum atomic E-state index is 12.5. The van der Waals surface area contributed by atoms with Crippen molar-refractivity contribution in [2.75, 3.05) is 13.2 Å². The molecule has 27 heavy (non-hydrogen) atoms. The van der Waals surface area contributed by atoms with Crippen LogP contribution in [0.15, 0.2) is 66.7 Å². The summed E-state index contributed by atoms with van der Waals surface area (Å²) in [5, 5.41) is 2.03. The van der Waals surface area contributed by atoms with E-state index >= 15 is 0 Å². The van der Waals surface area contributed by atoms with Crippen molar-refractivity contribution in [2.45, 2.75) is 12.4 Å². The average molecular weight is 358 g/mol. The molecule has 0 N–H and O–H groups in total. The summed E-state index contributed by atoms with van der Waals surface area (Å²) in [4.78, 5) is 12.5. The molecule has 2 aliphatic heterocycles. The molecule has 0 amide bonds. The fourth-order valence-electron chi connectivity index (χ4n) is 3.61. The van der Waals surface area contributed by atoms with Crippen molar-refractivity contribution in [3.05, 3.63) is 83.4 Å². The lowest BCUT2D eigenvalue weighted by Gasteiger charge is -2.17. The molecule has 3 aromatic rings. The first-order valence-corrected chi connectivity index (χ1v) is 9.02. The molecular formula is C23H18O4. The number of rotatable bonds is 3. The number of benzene rings is 3. The molecule has 0 saturated carbocycles. The predicted molar refractivity (Wildman–Crippen MR) is 103 cm³/mol. The number of hydrogen-bond donors (Lipinski definition) is 0. The third-order valence-electron chi connectivity index (χ3n) is 4.95. The van der Waals surface area contributed by atoms with E-state index in [1.54, 1.807) is 6.08 Å². The minimum Gasteiger partial charge on any atom is -0.490 e. The Morgan fingerprint density at radius 3 is 2.59 bits per heavy atom. The normalized spacial score (nSPS) is 21.0. The molecule has 3 aromatic carbocycles. The van der Waals surface area contributed by atoms with E-state index in [2.05, 4.69) is 0 Å². The predicted octanol–water partition coefficient (Wildman–Crippen LogP) is 4.54. The maximum absolute atomic E-state index is 12.5. The van der Waals surface area contributed by atoms with Crippen LogP contribution in [0.3, 0.4) is 0 Å². The number of fused-ring (bicyclic) bond motifs is 6. The van der Waals surface area contributed by atoms with Gasteiger partial charge in [-0.25, -0.2) is 0 Å². The Bertz CT molecular complexity index is 1040. The quantitative estimate of drug-likeness (QED) is 0.509. The van der Waals surface area contributed by atoms with Crippen LogP contribution in [0, 0.1) is 0 Å². The molecule has 0 aromatic heterocycles. The fourth-order valence-corrected chi connectivity index (χ4v) is 3.61. The molecule has 0 aliphatic carbocycles. The van der Waals surface area contributed by atoms with Gasteiger partial charge in [-0.3, -0.25) is 4.79 Å². The number of hydrogen-bond acceptors (Lipinski definition) is 4.